The summed E-state index contributed by atoms with van der Waals surface area (Å²) in [7, 11) is 1.33. The van der Waals surface area contributed by atoms with Crippen molar-refractivity contribution in [2.45, 2.75) is 25.9 Å². The molecule has 0 aromatic heterocycles. The number of carbonyl (C=O) groups excluding carboxylic acids is 1. The maximum atomic E-state index is 11.7. The third-order valence-electron chi connectivity index (χ3n) is 3.38. The highest BCUT2D eigenvalue weighted by molar-refractivity contribution is 5.95. The van der Waals surface area contributed by atoms with E-state index >= 15 is 0 Å². The van der Waals surface area contributed by atoms with Gasteiger partial charge in [0.2, 0.25) is 11.9 Å². The number of nitrogens with two attached hydrogens (primary N) is 2. The number of nitrogens with zero attached hydrogens (tertiary/aromatic N) is 3. The first-order valence-electron chi connectivity index (χ1n) is 7.78. The van der Waals surface area contributed by atoms with Crippen molar-refractivity contribution in [1.29, 1.82) is 0 Å². The third-order valence-corrected chi connectivity index (χ3v) is 3.38. The Morgan fingerprint density at radius 1 is 1.24 bits per heavy atom. The topological polar surface area (TPSA) is 125 Å². The monoisotopic (exact) mass is 349 g/mol. The van der Waals surface area contributed by atoms with Crippen LogP contribution in [0, 0.1) is 0 Å². The van der Waals surface area contributed by atoms with Crippen molar-refractivity contribution in [1.82, 2.24) is 5.06 Å². The first kappa shape index (κ1) is 18.5. The van der Waals surface area contributed by atoms with Crippen LogP contribution >= 0.6 is 0 Å². The molecule has 0 atom stereocenters. The van der Waals surface area contributed by atoms with Gasteiger partial charge in [-0.15, -0.1) is 0 Å². The van der Waals surface area contributed by atoms with Crippen molar-refractivity contribution in [3.8, 4) is 5.75 Å². The number of guanidine groups is 2. The van der Waals surface area contributed by atoms with Gasteiger partial charge in [0.1, 0.15) is 11.3 Å². The van der Waals surface area contributed by atoms with Gasteiger partial charge in [-0.05, 0) is 26.0 Å². The van der Waals surface area contributed by atoms with Crippen molar-refractivity contribution < 1.29 is 19.1 Å². The highest BCUT2D eigenvalue weighted by atomic mass is 16.7. The number of esters is 1. The van der Waals surface area contributed by atoms with Gasteiger partial charge in [-0.3, -0.25) is 4.84 Å². The highest BCUT2D eigenvalue weighted by Crippen LogP contribution is 2.21. The molecule has 25 heavy (non-hydrogen) atoms. The van der Waals surface area contributed by atoms with Crippen LogP contribution in [0.2, 0.25) is 0 Å². The van der Waals surface area contributed by atoms with Crippen LogP contribution in [0.15, 0.2) is 34.3 Å². The Labute approximate surface area is 146 Å². The summed E-state index contributed by atoms with van der Waals surface area (Å²) in [5, 5.41) is 1.41. The Morgan fingerprint density at radius 2 is 1.96 bits per heavy atom. The number of benzene rings is 1. The van der Waals surface area contributed by atoms with Crippen LogP contribution in [0.3, 0.4) is 0 Å². The largest absolute Gasteiger partial charge is 0.493 e. The normalized spacial score (nSPS) is 16.0. The number of rotatable bonds is 7. The number of hydrogen-bond donors (Lipinski definition) is 2. The van der Waals surface area contributed by atoms with E-state index in [9.17, 15) is 4.79 Å². The van der Waals surface area contributed by atoms with Gasteiger partial charge in [0.25, 0.3) is 0 Å². The lowest BCUT2D eigenvalue weighted by molar-refractivity contribution is -0.158. The quantitative estimate of drug-likeness (QED) is 0.552. The molecule has 9 heteroatoms. The third kappa shape index (κ3) is 4.60. The molecule has 0 saturated heterocycles. The molecular weight excluding hydrogens is 326 g/mol. The lowest BCUT2D eigenvalue weighted by atomic mass is 10.2. The average molecular weight is 349 g/mol. The zero-order chi connectivity index (χ0) is 18.4. The van der Waals surface area contributed by atoms with Crippen LogP contribution in [0.5, 0.6) is 5.75 Å². The summed E-state index contributed by atoms with van der Waals surface area (Å²) in [4.78, 5) is 25.4. The maximum absolute atomic E-state index is 11.7. The Kier molecular flexibility index (Phi) is 5.81. The second kappa shape index (κ2) is 7.84. The number of aliphatic imine (C=N–C) groups is 2. The molecule has 1 aliphatic heterocycles. The summed E-state index contributed by atoms with van der Waals surface area (Å²) in [6.45, 7) is 4.30. The highest BCUT2D eigenvalue weighted by Gasteiger charge is 2.32. The predicted molar refractivity (Wildman–Crippen MR) is 93.0 cm³/mol. The molecule has 1 aromatic rings. The SMILES string of the molecule is COC(=O)c1ccccc1OCCCON1C(N)=NC(N)=NC1(C)C. The molecule has 0 spiro atoms. The van der Waals surface area contributed by atoms with E-state index in [4.69, 9.17) is 25.8 Å². The first-order valence-corrected chi connectivity index (χ1v) is 7.78. The number of hydrogen-bond acceptors (Lipinski definition) is 9. The average Bonchev–Trinajstić information content (AvgIpc) is 2.55. The molecule has 1 aliphatic rings. The molecule has 0 fully saturated rings. The number of methoxy groups -OCH3 is 1. The minimum absolute atomic E-state index is 0.116. The fourth-order valence-electron chi connectivity index (χ4n) is 2.29. The Hall–Kier alpha value is -2.81. The van der Waals surface area contributed by atoms with Gasteiger partial charge in [0, 0.05) is 6.42 Å². The molecule has 136 valence electrons. The van der Waals surface area contributed by atoms with Crippen molar-refractivity contribution >= 4 is 17.9 Å². The van der Waals surface area contributed by atoms with Gasteiger partial charge >= 0.3 is 5.97 Å². The molecule has 1 heterocycles. The summed E-state index contributed by atoms with van der Waals surface area (Å²) >= 11 is 0. The van der Waals surface area contributed by atoms with E-state index in [0.29, 0.717) is 30.9 Å². The summed E-state index contributed by atoms with van der Waals surface area (Å²) < 4.78 is 10.4. The van der Waals surface area contributed by atoms with E-state index in [1.165, 1.54) is 12.2 Å². The van der Waals surface area contributed by atoms with Gasteiger partial charge in [-0.2, -0.15) is 10.1 Å². The van der Waals surface area contributed by atoms with Crippen LogP contribution < -0.4 is 16.2 Å². The number of ether oxygens (including phenoxy) is 2. The maximum Gasteiger partial charge on any atom is 0.341 e. The van der Waals surface area contributed by atoms with Crippen LogP contribution in [-0.2, 0) is 9.57 Å². The van der Waals surface area contributed by atoms with Gasteiger partial charge < -0.3 is 20.9 Å². The molecule has 2 rings (SSSR count). The lowest BCUT2D eigenvalue weighted by Gasteiger charge is -2.36. The van der Waals surface area contributed by atoms with Gasteiger partial charge in [-0.1, -0.05) is 12.1 Å². The molecule has 0 aliphatic carbocycles. The van der Waals surface area contributed by atoms with E-state index in [2.05, 4.69) is 9.98 Å². The minimum atomic E-state index is -0.742. The second-order valence-corrected chi connectivity index (χ2v) is 5.75. The fourth-order valence-corrected chi connectivity index (χ4v) is 2.29. The summed E-state index contributed by atoms with van der Waals surface area (Å²) in [6.07, 6.45) is 0.564. The number of carbonyl (C=O) groups is 1. The van der Waals surface area contributed by atoms with Gasteiger partial charge in [0.15, 0.2) is 5.66 Å². The molecule has 1 aromatic carbocycles. The van der Waals surface area contributed by atoms with Gasteiger partial charge in [-0.25, -0.2) is 9.79 Å². The zero-order valence-corrected chi connectivity index (χ0v) is 14.6. The fraction of sp³-hybridized carbons (Fsp3) is 0.438. The summed E-state index contributed by atoms with van der Waals surface area (Å²) in [6, 6.07) is 6.89. The first-order chi connectivity index (χ1) is 11.8. The zero-order valence-electron chi connectivity index (χ0n) is 14.6. The van der Waals surface area contributed by atoms with E-state index < -0.39 is 11.6 Å². The van der Waals surface area contributed by atoms with Crippen LogP contribution in [0.4, 0.5) is 0 Å². The van der Waals surface area contributed by atoms with E-state index in [1.807, 2.05) is 13.8 Å². The van der Waals surface area contributed by atoms with E-state index in [0.717, 1.165) is 0 Å². The Morgan fingerprint density at radius 3 is 2.64 bits per heavy atom. The lowest BCUT2D eigenvalue weighted by Crippen LogP contribution is -2.53. The van der Waals surface area contributed by atoms with Crippen LogP contribution in [0.1, 0.15) is 30.6 Å². The Balaban J connectivity index is 1.83. The standard InChI is InChI=1S/C16H23N5O4/c1-16(2)20-14(17)19-15(18)21(16)25-10-6-9-24-12-8-5-4-7-11(12)13(22)23-3/h4-5,7-8H,6,9-10H2,1-3H3,(H4,17,18,19,20). The van der Waals surface area contributed by atoms with Crippen molar-refractivity contribution in [3.05, 3.63) is 29.8 Å². The molecule has 0 saturated carbocycles. The molecule has 4 N–H and O–H groups in total. The van der Waals surface area contributed by atoms with Crippen LogP contribution in [0.25, 0.3) is 0 Å². The molecule has 0 unspecified atom stereocenters. The molecule has 9 nitrogen and oxygen atoms in total. The smallest absolute Gasteiger partial charge is 0.341 e. The van der Waals surface area contributed by atoms with Crippen LogP contribution in [-0.4, -0.2) is 48.9 Å². The minimum Gasteiger partial charge on any atom is -0.493 e. The molecule has 0 bridgehead atoms. The van der Waals surface area contributed by atoms with Crippen molar-refractivity contribution in [2.75, 3.05) is 20.3 Å². The molecule has 0 amide bonds. The summed E-state index contributed by atoms with van der Waals surface area (Å²) in [5.74, 6) is 0.284. The summed E-state index contributed by atoms with van der Waals surface area (Å²) in [5.41, 5.74) is 11.1. The predicted octanol–water partition coefficient (Wildman–Crippen LogP) is 0.855. The number of hydroxylamine groups is 2. The number of para-hydroxylation sites is 1. The molecular formula is C16H23N5O4. The van der Waals surface area contributed by atoms with Crippen molar-refractivity contribution in [2.24, 2.45) is 21.5 Å². The van der Waals surface area contributed by atoms with E-state index in [1.54, 1.807) is 24.3 Å². The second-order valence-electron chi connectivity index (χ2n) is 5.75. The van der Waals surface area contributed by atoms with Gasteiger partial charge in [0.05, 0.1) is 20.3 Å². The van der Waals surface area contributed by atoms with E-state index in [-0.39, 0.29) is 11.9 Å². The van der Waals surface area contributed by atoms with Crippen molar-refractivity contribution in [3.63, 3.8) is 0 Å². The Bertz CT molecular complexity index is 687. The molecule has 0 radical (unpaired) electrons.